The molecule has 0 atom stereocenters. The van der Waals surface area contributed by atoms with E-state index in [2.05, 4.69) is 32.5 Å². The van der Waals surface area contributed by atoms with Gasteiger partial charge in [0.15, 0.2) is 5.96 Å². The zero-order chi connectivity index (χ0) is 20.6. The summed E-state index contributed by atoms with van der Waals surface area (Å²) in [5, 5.41) is 7.54. The number of thiazole rings is 1. The minimum atomic E-state index is -0.357. The highest BCUT2D eigenvalue weighted by atomic mass is 32.1. The summed E-state index contributed by atoms with van der Waals surface area (Å²) in [5.41, 5.74) is 1.86. The number of benzene rings is 1. The molecule has 3 aromatic rings. The number of hydrogen-bond donors (Lipinski definition) is 2. The maximum absolute atomic E-state index is 13.4. The molecule has 2 heterocycles. The Labute approximate surface area is 173 Å². The van der Waals surface area contributed by atoms with Crippen LogP contribution >= 0.6 is 11.3 Å². The van der Waals surface area contributed by atoms with E-state index in [0.29, 0.717) is 30.7 Å². The van der Waals surface area contributed by atoms with Crippen LogP contribution in [0.15, 0.2) is 47.6 Å². The van der Waals surface area contributed by atoms with Gasteiger partial charge in [-0.25, -0.2) is 19.4 Å². The van der Waals surface area contributed by atoms with Crippen LogP contribution in [-0.4, -0.2) is 22.5 Å². The van der Waals surface area contributed by atoms with Gasteiger partial charge in [0.05, 0.1) is 18.8 Å². The quantitative estimate of drug-likeness (QED) is 0.445. The molecule has 0 radical (unpaired) electrons. The Kier molecular flexibility index (Phi) is 7.13. The lowest BCUT2D eigenvalue weighted by Crippen LogP contribution is -2.36. The lowest BCUT2D eigenvalue weighted by Gasteiger charge is -2.12. The number of rotatable bonds is 7. The van der Waals surface area contributed by atoms with Crippen LogP contribution in [0.1, 0.15) is 28.1 Å². The smallest absolute Gasteiger partial charge is 0.224 e. The monoisotopic (exact) mass is 413 g/mol. The van der Waals surface area contributed by atoms with Crippen molar-refractivity contribution < 1.29 is 9.13 Å². The summed E-state index contributed by atoms with van der Waals surface area (Å²) >= 11 is 1.68. The predicted octanol–water partition coefficient (Wildman–Crippen LogP) is 4.34. The number of ether oxygens (including phenoxy) is 1. The lowest BCUT2D eigenvalue weighted by molar-refractivity contribution is 0.452. The molecule has 8 heteroatoms. The Hall–Kier alpha value is -3.00. The van der Waals surface area contributed by atoms with Crippen molar-refractivity contribution in [3.8, 4) is 11.6 Å². The molecule has 1 aromatic carbocycles. The first kappa shape index (κ1) is 20.7. The number of nitrogens with one attached hydrogen (secondary N) is 2. The van der Waals surface area contributed by atoms with Crippen LogP contribution in [0.2, 0.25) is 0 Å². The van der Waals surface area contributed by atoms with Crippen molar-refractivity contribution in [2.75, 3.05) is 6.54 Å². The van der Waals surface area contributed by atoms with Crippen molar-refractivity contribution in [3.63, 3.8) is 0 Å². The molecule has 0 amide bonds. The number of aromatic nitrogens is 2. The summed E-state index contributed by atoms with van der Waals surface area (Å²) in [6.45, 7) is 7.79. The summed E-state index contributed by atoms with van der Waals surface area (Å²) < 4.78 is 19.2. The molecule has 2 N–H and O–H groups in total. The van der Waals surface area contributed by atoms with E-state index in [0.717, 1.165) is 22.8 Å². The van der Waals surface area contributed by atoms with Gasteiger partial charge in [0.2, 0.25) is 5.88 Å². The highest BCUT2D eigenvalue weighted by Crippen LogP contribution is 2.24. The van der Waals surface area contributed by atoms with Gasteiger partial charge >= 0.3 is 0 Å². The number of halogens is 1. The molecular formula is C21H24FN5OS. The van der Waals surface area contributed by atoms with Gasteiger partial charge in [-0.15, -0.1) is 11.3 Å². The molecule has 0 saturated carbocycles. The van der Waals surface area contributed by atoms with E-state index in [1.165, 1.54) is 17.0 Å². The number of hydrogen-bond acceptors (Lipinski definition) is 5. The molecule has 0 unspecified atom stereocenters. The van der Waals surface area contributed by atoms with E-state index in [-0.39, 0.29) is 5.82 Å². The Morgan fingerprint density at radius 1 is 1.21 bits per heavy atom. The molecule has 3 rings (SSSR count). The van der Waals surface area contributed by atoms with Crippen LogP contribution in [0.5, 0.6) is 11.6 Å². The van der Waals surface area contributed by atoms with Gasteiger partial charge in [0.1, 0.15) is 16.6 Å². The molecule has 2 aromatic heterocycles. The first-order valence-corrected chi connectivity index (χ1v) is 10.2. The molecule has 6 nitrogen and oxygen atoms in total. The second-order valence-electron chi connectivity index (χ2n) is 6.33. The van der Waals surface area contributed by atoms with Gasteiger partial charge in [0.25, 0.3) is 0 Å². The van der Waals surface area contributed by atoms with Gasteiger partial charge in [0, 0.05) is 29.2 Å². The van der Waals surface area contributed by atoms with Crippen molar-refractivity contribution in [1.82, 2.24) is 20.6 Å². The molecule has 0 spiro atoms. The highest BCUT2D eigenvalue weighted by molar-refractivity contribution is 7.11. The number of nitrogens with zero attached hydrogens (tertiary/aromatic N) is 3. The minimum absolute atomic E-state index is 0.357. The summed E-state index contributed by atoms with van der Waals surface area (Å²) in [5.74, 6) is 1.13. The summed E-state index contributed by atoms with van der Waals surface area (Å²) in [4.78, 5) is 14.7. The normalized spacial score (nSPS) is 11.4. The van der Waals surface area contributed by atoms with Crippen LogP contribution in [0.3, 0.4) is 0 Å². The van der Waals surface area contributed by atoms with Crippen molar-refractivity contribution >= 4 is 17.3 Å². The summed E-state index contributed by atoms with van der Waals surface area (Å²) in [6, 6.07) is 9.70. The standard InChI is InChI=1S/C21H24FN5OS/c1-4-23-21(26-13-19-27-14(2)15(3)29-19)25-12-16-7-6-10-24-20(16)28-18-9-5-8-17(22)11-18/h5-11H,4,12-13H2,1-3H3,(H2,23,25,26). The average Bonchev–Trinajstić information content (AvgIpc) is 3.02. The van der Waals surface area contributed by atoms with Gasteiger partial charge in [-0.3, -0.25) is 0 Å². The lowest BCUT2D eigenvalue weighted by atomic mass is 10.2. The Morgan fingerprint density at radius 2 is 2.07 bits per heavy atom. The maximum Gasteiger partial charge on any atom is 0.224 e. The van der Waals surface area contributed by atoms with Crippen molar-refractivity contribution in [1.29, 1.82) is 0 Å². The molecule has 0 saturated heterocycles. The molecule has 152 valence electrons. The van der Waals surface area contributed by atoms with Crippen LogP contribution < -0.4 is 15.4 Å². The van der Waals surface area contributed by atoms with Crippen LogP contribution in [0, 0.1) is 19.7 Å². The van der Waals surface area contributed by atoms with E-state index in [1.807, 2.05) is 26.0 Å². The highest BCUT2D eigenvalue weighted by Gasteiger charge is 2.08. The SMILES string of the molecule is CCNC(=NCc1cccnc1Oc1cccc(F)c1)NCc1nc(C)c(C)s1. The zero-order valence-corrected chi connectivity index (χ0v) is 17.5. The molecule has 29 heavy (non-hydrogen) atoms. The number of aliphatic imine (C=N–C) groups is 1. The van der Waals surface area contributed by atoms with E-state index in [9.17, 15) is 4.39 Å². The Balaban J connectivity index is 1.70. The molecule has 0 aliphatic carbocycles. The third kappa shape index (κ3) is 5.99. The fourth-order valence-electron chi connectivity index (χ4n) is 2.56. The van der Waals surface area contributed by atoms with Crippen LogP contribution in [-0.2, 0) is 13.1 Å². The maximum atomic E-state index is 13.4. The van der Waals surface area contributed by atoms with Crippen LogP contribution in [0.4, 0.5) is 4.39 Å². The van der Waals surface area contributed by atoms with Gasteiger partial charge in [-0.1, -0.05) is 12.1 Å². The minimum Gasteiger partial charge on any atom is -0.439 e. The van der Waals surface area contributed by atoms with Crippen LogP contribution in [0.25, 0.3) is 0 Å². The molecule has 0 fully saturated rings. The van der Waals surface area contributed by atoms with Gasteiger partial charge < -0.3 is 15.4 Å². The largest absolute Gasteiger partial charge is 0.439 e. The van der Waals surface area contributed by atoms with E-state index < -0.39 is 0 Å². The molecular weight excluding hydrogens is 389 g/mol. The second kappa shape index (κ2) is 9.97. The van der Waals surface area contributed by atoms with Gasteiger partial charge in [-0.05, 0) is 39.0 Å². The zero-order valence-electron chi connectivity index (χ0n) is 16.7. The number of guanidine groups is 1. The second-order valence-corrected chi connectivity index (χ2v) is 7.61. The summed E-state index contributed by atoms with van der Waals surface area (Å²) in [7, 11) is 0. The van der Waals surface area contributed by atoms with E-state index in [1.54, 1.807) is 29.7 Å². The Bertz CT molecular complexity index is 969. The number of aryl methyl sites for hydroxylation is 2. The number of pyridine rings is 1. The topological polar surface area (TPSA) is 71.4 Å². The van der Waals surface area contributed by atoms with Crippen molar-refractivity contribution in [2.24, 2.45) is 4.99 Å². The predicted molar refractivity (Wildman–Crippen MR) is 114 cm³/mol. The third-order valence-electron chi connectivity index (χ3n) is 4.09. The van der Waals surface area contributed by atoms with Crippen molar-refractivity contribution in [2.45, 2.75) is 33.9 Å². The molecule has 0 aliphatic heterocycles. The van der Waals surface area contributed by atoms with Crippen molar-refractivity contribution in [3.05, 3.63) is 69.6 Å². The fraction of sp³-hybridized carbons (Fsp3) is 0.286. The average molecular weight is 414 g/mol. The van der Waals surface area contributed by atoms with Gasteiger partial charge in [-0.2, -0.15) is 0 Å². The first-order valence-electron chi connectivity index (χ1n) is 9.37. The third-order valence-corrected chi connectivity index (χ3v) is 5.17. The van der Waals surface area contributed by atoms with E-state index >= 15 is 0 Å². The Morgan fingerprint density at radius 3 is 2.79 bits per heavy atom. The first-order chi connectivity index (χ1) is 14.0. The van der Waals surface area contributed by atoms with E-state index in [4.69, 9.17) is 4.74 Å². The molecule has 0 bridgehead atoms. The summed E-state index contributed by atoms with van der Waals surface area (Å²) in [6.07, 6.45) is 1.64. The fourth-order valence-corrected chi connectivity index (χ4v) is 3.43. The molecule has 0 aliphatic rings.